The van der Waals surface area contributed by atoms with Crippen LogP contribution in [0.15, 0.2) is 152 Å². The molecule has 1 nitrogen and oxygen atoms in total. The number of fused-ring (bicyclic) bond motifs is 8. The number of rotatable bonds is 4. The van der Waals surface area contributed by atoms with Crippen molar-refractivity contribution in [3.05, 3.63) is 174 Å². The van der Waals surface area contributed by atoms with E-state index in [2.05, 4.69) is 184 Å². The van der Waals surface area contributed by atoms with Gasteiger partial charge in [0.1, 0.15) is 0 Å². The molecule has 0 amide bonds. The zero-order valence-corrected chi connectivity index (χ0v) is 27.4. The fraction of sp³-hybridized carbons (Fsp3) is 0.130. The molecule has 47 heavy (non-hydrogen) atoms. The summed E-state index contributed by atoms with van der Waals surface area (Å²) in [4.78, 5) is 2.43. The lowest BCUT2D eigenvalue weighted by Gasteiger charge is -2.28. The van der Waals surface area contributed by atoms with Crippen molar-refractivity contribution in [1.82, 2.24) is 0 Å². The second-order valence-corrected chi connectivity index (χ2v) is 14.2. The maximum atomic E-state index is 2.43. The Hall–Kier alpha value is -5.40. The zero-order chi connectivity index (χ0) is 31.9. The van der Waals surface area contributed by atoms with Gasteiger partial charge in [0.15, 0.2) is 0 Å². The van der Waals surface area contributed by atoms with Gasteiger partial charge in [-0.2, -0.15) is 0 Å². The second-order valence-electron chi connectivity index (χ2n) is 14.2. The standard InChI is InChI=1S/C46H37N/c1-45(2)41-16-10-9-15-38(41)40-29-35(24-27-43(40)45)47(33-21-18-31(19-22-33)30-12-6-5-7-13-30)34-23-26-36-32(28-34)20-25-39-37-14-8-11-17-42(37)46(3,4)44(36)39/h5-29H,1-4H3. The highest BCUT2D eigenvalue weighted by Gasteiger charge is 2.37. The molecule has 7 aromatic carbocycles. The van der Waals surface area contributed by atoms with E-state index in [4.69, 9.17) is 0 Å². The quantitative estimate of drug-likeness (QED) is 0.193. The number of nitrogens with zero attached hydrogens (tertiary/aromatic N) is 1. The highest BCUT2D eigenvalue weighted by Crippen LogP contribution is 2.53. The van der Waals surface area contributed by atoms with Crippen LogP contribution in [0.2, 0.25) is 0 Å². The van der Waals surface area contributed by atoms with E-state index >= 15 is 0 Å². The van der Waals surface area contributed by atoms with Crippen LogP contribution in [0.1, 0.15) is 49.9 Å². The van der Waals surface area contributed by atoms with Gasteiger partial charge in [0.05, 0.1) is 0 Å². The van der Waals surface area contributed by atoms with Crippen molar-refractivity contribution in [2.24, 2.45) is 0 Å². The van der Waals surface area contributed by atoms with Gasteiger partial charge >= 0.3 is 0 Å². The highest BCUT2D eigenvalue weighted by molar-refractivity contribution is 6.00. The molecule has 2 aliphatic rings. The minimum absolute atomic E-state index is 0.0275. The van der Waals surface area contributed by atoms with Crippen LogP contribution in [0.3, 0.4) is 0 Å². The molecule has 0 radical (unpaired) electrons. The first-order valence-electron chi connectivity index (χ1n) is 16.7. The van der Waals surface area contributed by atoms with Gasteiger partial charge in [-0.05, 0) is 103 Å². The number of benzene rings is 7. The normalized spacial score (nSPS) is 14.7. The Bertz CT molecular complexity index is 2340. The van der Waals surface area contributed by atoms with Gasteiger partial charge in [-0.3, -0.25) is 0 Å². The summed E-state index contributed by atoms with van der Waals surface area (Å²) < 4.78 is 0. The van der Waals surface area contributed by atoms with Crippen LogP contribution >= 0.6 is 0 Å². The third-order valence-electron chi connectivity index (χ3n) is 10.8. The minimum atomic E-state index is -0.0555. The minimum Gasteiger partial charge on any atom is -0.310 e. The Morgan fingerprint density at radius 3 is 1.68 bits per heavy atom. The lowest BCUT2D eigenvalue weighted by molar-refractivity contribution is 0.660. The van der Waals surface area contributed by atoms with Crippen LogP contribution < -0.4 is 4.90 Å². The number of hydrogen-bond acceptors (Lipinski definition) is 1. The molecule has 0 aliphatic heterocycles. The smallest absolute Gasteiger partial charge is 0.0468 e. The van der Waals surface area contributed by atoms with E-state index in [1.54, 1.807) is 0 Å². The zero-order valence-electron chi connectivity index (χ0n) is 27.4. The Morgan fingerprint density at radius 1 is 0.383 bits per heavy atom. The largest absolute Gasteiger partial charge is 0.310 e. The lowest BCUT2D eigenvalue weighted by Crippen LogP contribution is -2.16. The maximum absolute atomic E-state index is 2.43. The fourth-order valence-corrected chi connectivity index (χ4v) is 8.48. The summed E-state index contributed by atoms with van der Waals surface area (Å²) in [5.74, 6) is 0. The molecule has 226 valence electrons. The Kier molecular flexibility index (Phi) is 5.96. The summed E-state index contributed by atoms with van der Waals surface area (Å²) in [5.41, 5.74) is 16.8. The van der Waals surface area contributed by atoms with Crippen LogP contribution in [0.25, 0.3) is 44.2 Å². The monoisotopic (exact) mass is 603 g/mol. The first-order chi connectivity index (χ1) is 22.8. The fourth-order valence-electron chi connectivity index (χ4n) is 8.48. The van der Waals surface area contributed by atoms with Crippen molar-refractivity contribution in [3.63, 3.8) is 0 Å². The molecule has 0 heterocycles. The molecule has 0 atom stereocenters. The van der Waals surface area contributed by atoms with Crippen LogP contribution in [-0.4, -0.2) is 0 Å². The summed E-state index contributed by atoms with van der Waals surface area (Å²) in [5, 5.41) is 2.59. The van der Waals surface area contributed by atoms with Crippen molar-refractivity contribution in [2.75, 3.05) is 4.90 Å². The molecule has 7 aromatic rings. The third kappa shape index (κ3) is 4.09. The lowest BCUT2D eigenvalue weighted by atomic mass is 9.80. The van der Waals surface area contributed by atoms with Crippen molar-refractivity contribution >= 4 is 27.8 Å². The number of anilines is 3. The Morgan fingerprint density at radius 2 is 0.936 bits per heavy atom. The van der Waals surface area contributed by atoms with Gasteiger partial charge < -0.3 is 4.90 Å². The summed E-state index contributed by atoms with van der Waals surface area (Å²) in [6.45, 7) is 9.43. The van der Waals surface area contributed by atoms with Gasteiger partial charge in [-0.15, -0.1) is 0 Å². The first-order valence-corrected chi connectivity index (χ1v) is 16.7. The van der Waals surface area contributed by atoms with Crippen molar-refractivity contribution < 1.29 is 0 Å². The van der Waals surface area contributed by atoms with Gasteiger partial charge in [-0.1, -0.05) is 143 Å². The molecule has 0 aromatic heterocycles. The van der Waals surface area contributed by atoms with E-state index in [1.807, 2.05) is 0 Å². The molecule has 0 unspecified atom stereocenters. The summed E-state index contributed by atoms with van der Waals surface area (Å²) in [6.07, 6.45) is 0. The summed E-state index contributed by atoms with van der Waals surface area (Å²) >= 11 is 0. The topological polar surface area (TPSA) is 3.24 Å². The average molecular weight is 604 g/mol. The van der Waals surface area contributed by atoms with E-state index in [-0.39, 0.29) is 10.8 Å². The molecule has 2 aliphatic carbocycles. The third-order valence-corrected chi connectivity index (χ3v) is 10.8. The molecule has 9 rings (SSSR count). The number of hydrogen-bond donors (Lipinski definition) is 0. The van der Waals surface area contributed by atoms with Crippen LogP contribution in [-0.2, 0) is 10.8 Å². The van der Waals surface area contributed by atoms with Crippen molar-refractivity contribution in [1.29, 1.82) is 0 Å². The van der Waals surface area contributed by atoms with Gasteiger partial charge in [0.2, 0.25) is 0 Å². The van der Waals surface area contributed by atoms with Gasteiger partial charge in [0.25, 0.3) is 0 Å². The second kappa shape index (κ2) is 10.0. The predicted molar refractivity (Wildman–Crippen MR) is 199 cm³/mol. The van der Waals surface area contributed by atoms with E-state index in [1.165, 1.54) is 66.4 Å². The average Bonchev–Trinajstić information content (AvgIpc) is 3.49. The molecular weight excluding hydrogens is 567 g/mol. The molecule has 0 saturated heterocycles. The van der Waals surface area contributed by atoms with E-state index in [9.17, 15) is 0 Å². The molecule has 0 bridgehead atoms. The molecule has 0 spiro atoms. The van der Waals surface area contributed by atoms with Crippen LogP contribution in [0, 0.1) is 0 Å². The maximum Gasteiger partial charge on any atom is 0.0468 e. The molecule has 0 N–H and O–H groups in total. The summed E-state index contributed by atoms with van der Waals surface area (Å²) in [6, 6.07) is 56.2. The Balaban J connectivity index is 1.22. The predicted octanol–water partition coefficient (Wildman–Crippen LogP) is 12.6. The molecular formula is C46H37N. The molecule has 1 heteroatoms. The molecule has 0 saturated carbocycles. The molecule has 0 fully saturated rings. The van der Waals surface area contributed by atoms with Gasteiger partial charge in [-0.25, -0.2) is 0 Å². The van der Waals surface area contributed by atoms with Gasteiger partial charge in [0, 0.05) is 27.9 Å². The van der Waals surface area contributed by atoms with Crippen molar-refractivity contribution in [3.8, 4) is 33.4 Å². The van der Waals surface area contributed by atoms with Crippen molar-refractivity contribution in [2.45, 2.75) is 38.5 Å². The highest BCUT2D eigenvalue weighted by atomic mass is 15.1. The SMILES string of the molecule is CC1(C)c2ccccc2-c2cc(N(c3ccc(-c4ccccc4)cc3)c3ccc4c5c(ccc4c3)-c3ccccc3C5(C)C)ccc21. The van der Waals surface area contributed by atoms with E-state index < -0.39 is 0 Å². The summed E-state index contributed by atoms with van der Waals surface area (Å²) in [7, 11) is 0. The van der Waals surface area contributed by atoms with E-state index in [0.717, 1.165) is 17.1 Å². The first kappa shape index (κ1) is 27.9. The van der Waals surface area contributed by atoms with Crippen LogP contribution in [0.5, 0.6) is 0 Å². The van der Waals surface area contributed by atoms with Crippen LogP contribution in [0.4, 0.5) is 17.1 Å². The Labute approximate surface area is 277 Å². The van der Waals surface area contributed by atoms with E-state index in [0.29, 0.717) is 0 Å².